The highest BCUT2D eigenvalue weighted by atomic mass is 35.5. The molecule has 27 heavy (non-hydrogen) atoms. The van der Waals surface area contributed by atoms with Gasteiger partial charge in [-0.2, -0.15) is 0 Å². The van der Waals surface area contributed by atoms with E-state index in [1.807, 2.05) is 47.4 Å². The monoisotopic (exact) mass is 387 g/mol. The quantitative estimate of drug-likeness (QED) is 0.846. The Morgan fingerprint density at radius 1 is 1.04 bits per heavy atom. The molecule has 2 fully saturated rings. The third-order valence-electron chi connectivity index (χ3n) is 5.61. The molecule has 0 aromatic heterocycles. The first kappa shape index (κ1) is 19.6. The fraction of sp³-hybridized carbons (Fsp3) is 0.429. The van der Waals surface area contributed by atoms with E-state index < -0.39 is 0 Å². The van der Waals surface area contributed by atoms with Gasteiger partial charge in [-0.25, -0.2) is 0 Å². The second-order valence-corrected chi connectivity index (χ2v) is 7.27. The summed E-state index contributed by atoms with van der Waals surface area (Å²) >= 11 is 0. The molecule has 2 bridgehead atoms. The van der Waals surface area contributed by atoms with Gasteiger partial charge in [0.15, 0.2) is 0 Å². The van der Waals surface area contributed by atoms with Crippen LogP contribution in [0.15, 0.2) is 42.5 Å². The van der Waals surface area contributed by atoms with E-state index in [4.69, 9.17) is 0 Å². The summed E-state index contributed by atoms with van der Waals surface area (Å²) in [6, 6.07) is 14.7. The lowest BCUT2D eigenvalue weighted by Crippen LogP contribution is -2.47. The summed E-state index contributed by atoms with van der Waals surface area (Å²) in [6.45, 7) is 1.93. The van der Waals surface area contributed by atoms with Crippen molar-refractivity contribution in [3.63, 3.8) is 0 Å². The topological polar surface area (TPSA) is 61.4 Å². The van der Waals surface area contributed by atoms with Crippen molar-refractivity contribution in [3.8, 4) is 0 Å². The zero-order valence-corrected chi connectivity index (χ0v) is 16.1. The molecule has 2 N–H and O–H groups in total. The number of fused-ring (bicyclic) bond motifs is 3. The smallest absolute Gasteiger partial charge is 0.242 e. The van der Waals surface area contributed by atoms with E-state index in [1.165, 1.54) is 0 Å². The van der Waals surface area contributed by atoms with Crippen LogP contribution in [0.25, 0.3) is 10.8 Å². The van der Waals surface area contributed by atoms with Gasteiger partial charge in [0.1, 0.15) is 0 Å². The molecule has 0 radical (unpaired) electrons. The number of amides is 2. The van der Waals surface area contributed by atoms with E-state index in [2.05, 4.69) is 10.6 Å². The van der Waals surface area contributed by atoms with Crippen LogP contribution in [0.1, 0.15) is 24.8 Å². The van der Waals surface area contributed by atoms with Gasteiger partial charge >= 0.3 is 0 Å². The zero-order chi connectivity index (χ0) is 17.9. The van der Waals surface area contributed by atoms with Crippen LogP contribution in [-0.2, 0) is 16.0 Å². The van der Waals surface area contributed by atoms with Gasteiger partial charge in [0, 0.05) is 18.6 Å². The third-order valence-corrected chi connectivity index (χ3v) is 5.61. The SMILES string of the molecule is Cl.O=C(Cc1cccc2ccccc12)NCC(=O)N1C2CCNCC1CC2. The minimum absolute atomic E-state index is 0. The van der Waals surface area contributed by atoms with Gasteiger partial charge in [0.25, 0.3) is 0 Å². The number of carbonyl (C=O) groups is 2. The maximum atomic E-state index is 12.7. The summed E-state index contributed by atoms with van der Waals surface area (Å²) < 4.78 is 0. The predicted molar refractivity (Wildman–Crippen MR) is 109 cm³/mol. The first-order chi connectivity index (χ1) is 12.7. The van der Waals surface area contributed by atoms with Gasteiger partial charge in [0.05, 0.1) is 13.0 Å². The maximum Gasteiger partial charge on any atom is 0.242 e. The number of nitrogens with one attached hydrogen (secondary N) is 2. The zero-order valence-electron chi connectivity index (χ0n) is 15.3. The molecule has 2 aromatic rings. The molecule has 6 heteroatoms. The van der Waals surface area contributed by atoms with Crippen LogP contribution < -0.4 is 10.6 Å². The normalized spacial score (nSPS) is 21.4. The first-order valence-electron chi connectivity index (χ1n) is 9.47. The molecule has 2 saturated heterocycles. The van der Waals surface area contributed by atoms with Gasteiger partial charge < -0.3 is 15.5 Å². The van der Waals surface area contributed by atoms with E-state index in [0.29, 0.717) is 12.5 Å². The molecule has 2 unspecified atom stereocenters. The van der Waals surface area contributed by atoms with Gasteiger partial charge in [0.2, 0.25) is 11.8 Å². The van der Waals surface area contributed by atoms with Gasteiger partial charge in [-0.05, 0) is 42.1 Å². The van der Waals surface area contributed by atoms with E-state index in [0.717, 1.165) is 48.7 Å². The lowest BCUT2D eigenvalue weighted by Gasteiger charge is -2.28. The van der Waals surface area contributed by atoms with E-state index in [9.17, 15) is 9.59 Å². The number of hydrogen-bond donors (Lipinski definition) is 2. The highest BCUT2D eigenvalue weighted by molar-refractivity contribution is 5.91. The highest BCUT2D eigenvalue weighted by Gasteiger charge is 2.37. The Labute approximate surface area is 165 Å². The number of hydrogen-bond acceptors (Lipinski definition) is 3. The summed E-state index contributed by atoms with van der Waals surface area (Å²) in [7, 11) is 0. The standard InChI is InChI=1S/C21H25N3O2.ClH/c25-20(12-16-6-3-5-15-4-1-2-7-19(15)16)23-14-21(26)24-17-8-9-18(24)13-22-11-10-17;/h1-7,17-18,22H,8-14H2,(H,23,25);1H. The van der Waals surface area contributed by atoms with E-state index in [-0.39, 0.29) is 36.8 Å². The highest BCUT2D eigenvalue weighted by Crippen LogP contribution is 2.27. The average Bonchev–Trinajstić information content (AvgIpc) is 2.93. The van der Waals surface area contributed by atoms with Crippen molar-refractivity contribution < 1.29 is 9.59 Å². The molecule has 2 amide bonds. The van der Waals surface area contributed by atoms with E-state index in [1.54, 1.807) is 0 Å². The minimum Gasteiger partial charge on any atom is -0.347 e. The van der Waals surface area contributed by atoms with Crippen molar-refractivity contribution in [3.05, 3.63) is 48.0 Å². The van der Waals surface area contributed by atoms with Gasteiger partial charge in [-0.15, -0.1) is 12.4 Å². The number of halogens is 1. The minimum atomic E-state index is -0.102. The third kappa shape index (κ3) is 4.25. The Morgan fingerprint density at radius 2 is 1.81 bits per heavy atom. The van der Waals surface area contributed by atoms with Crippen molar-refractivity contribution in [2.75, 3.05) is 19.6 Å². The van der Waals surface area contributed by atoms with Crippen molar-refractivity contribution in [1.82, 2.24) is 15.5 Å². The number of carbonyl (C=O) groups excluding carboxylic acids is 2. The molecule has 0 spiro atoms. The van der Waals surface area contributed by atoms with Gasteiger partial charge in [-0.1, -0.05) is 42.5 Å². The Bertz CT molecular complexity index is 807. The number of nitrogens with zero attached hydrogens (tertiary/aromatic N) is 1. The fourth-order valence-corrected chi connectivity index (χ4v) is 4.34. The van der Waals surface area contributed by atoms with Crippen LogP contribution in [0, 0.1) is 0 Å². The second-order valence-electron chi connectivity index (χ2n) is 7.27. The molecule has 2 aliphatic rings. The average molecular weight is 388 g/mol. The summed E-state index contributed by atoms with van der Waals surface area (Å²) in [5, 5.41) is 8.45. The van der Waals surface area contributed by atoms with Crippen molar-refractivity contribution in [2.45, 2.75) is 37.8 Å². The first-order valence-corrected chi connectivity index (χ1v) is 9.47. The number of benzene rings is 2. The summed E-state index contributed by atoms with van der Waals surface area (Å²) in [6.07, 6.45) is 3.45. The molecule has 0 aliphatic carbocycles. The maximum absolute atomic E-state index is 12.7. The van der Waals surface area contributed by atoms with Crippen LogP contribution in [0.3, 0.4) is 0 Å². The Morgan fingerprint density at radius 3 is 2.70 bits per heavy atom. The summed E-state index contributed by atoms with van der Waals surface area (Å²) in [4.78, 5) is 27.1. The molecule has 2 atom stereocenters. The van der Waals surface area contributed by atoms with Crippen molar-refractivity contribution in [1.29, 1.82) is 0 Å². The number of rotatable bonds is 4. The molecule has 2 aliphatic heterocycles. The molecule has 4 rings (SSSR count). The molecule has 5 nitrogen and oxygen atoms in total. The Kier molecular flexibility index (Phi) is 6.34. The Hall–Kier alpha value is -2.11. The molecule has 2 heterocycles. The van der Waals surface area contributed by atoms with Crippen LogP contribution in [0.5, 0.6) is 0 Å². The molecular formula is C21H26ClN3O2. The molecule has 144 valence electrons. The molecular weight excluding hydrogens is 362 g/mol. The second kappa shape index (κ2) is 8.72. The summed E-state index contributed by atoms with van der Waals surface area (Å²) in [5.41, 5.74) is 0.993. The lowest BCUT2D eigenvalue weighted by atomic mass is 10.0. The lowest BCUT2D eigenvalue weighted by molar-refractivity contribution is -0.134. The van der Waals surface area contributed by atoms with Crippen LogP contribution in [-0.4, -0.2) is 48.4 Å². The van der Waals surface area contributed by atoms with Crippen LogP contribution in [0.4, 0.5) is 0 Å². The van der Waals surface area contributed by atoms with Crippen LogP contribution in [0.2, 0.25) is 0 Å². The summed E-state index contributed by atoms with van der Waals surface area (Å²) in [5.74, 6) is -0.0533. The predicted octanol–water partition coefficient (Wildman–Crippen LogP) is 2.27. The van der Waals surface area contributed by atoms with E-state index >= 15 is 0 Å². The van der Waals surface area contributed by atoms with Gasteiger partial charge in [-0.3, -0.25) is 9.59 Å². The fourth-order valence-electron chi connectivity index (χ4n) is 4.34. The molecule has 2 aromatic carbocycles. The van der Waals surface area contributed by atoms with Crippen molar-refractivity contribution in [2.24, 2.45) is 0 Å². The molecule has 0 saturated carbocycles. The largest absolute Gasteiger partial charge is 0.347 e. The van der Waals surface area contributed by atoms with Crippen LogP contribution >= 0.6 is 12.4 Å². The van der Waals surface area contributed by atoms with Crippen molar-refractivity contribution >= 4 is 35.0 Å². The Balaban J connectivity index is 0.00000210.